The van der Waals surface area contributed by atoms with Crippen LogP contribution in [0.1, 0.15) is 19.8 Å². The van der Waals surface area contributed by atoms with Crippen molar-refractivity contribution in [3.63, 3.8) is 0 Å². The van der Waals surface area contributed by atoms with E-state index < -0.39 is 25.1 Å². The normalized spacial score (nSPS) is 19.2. The molecule has 84 valence electrons. The molecule has 0 radical (unpaired) electrons. The van der Waals surface area contributed by atoms with E-state index in [1.54, 1.807) is 0 Å². The predicted octanol–water partition coefficient (Wildman–Crippen LogP) is -3.15. The van der Waals surface area contributed by atoms with Gasteiger partial charge in [-0.2, -0.15) is 0 Å². The second kappa shape index (κ2) is 5.76. The molecule has 1 rings (SSSR count). The predicted molar refractivity (Wildman–Crippen MR) is 45.7 cm³/mol. The number of carbonyl (C=O) groups excluding carboxylic acids is 3. The number of imide groups is 3. The van der Waals surface area contributed by atoms with Gasteiger partial charge < -0.3 is 9.42 Å². The summed E-state index contributed by atoms with van der Waals surface area (Å²) in [5.74, 6) is -1.61. The summed E-state index contributed by atoms with van der Waals surface area (Å²) in [4.78, 5) is 44.6. The maximum Gasteiger partial charge on any atom is 1.00 e. The fourth-order valence-corrected chi connectivity index (χ4v) is 2.06. The van der Waals surface area contributed by atoms with Gasteiger partial charge in [-0.1, -0.05) is 0 Å². The molecule has 0 saturated carbocycles. The summed E-state index contributed by atoms with van der Waals surface area (Å²) in [6.45, 7) is 1.16. The molecule has 1 aliphatic rings. The average Bonchev–Trinajstić information content (AvgIpc) is 2.45. The molecule has 0 spiro atoms. The van der Waals surface area contributed by atoms with Gasteiger partial charge in [-0.05, 0) is 6.92 Å². The molecule has 1 aliphatic heterocycles. The summed E-state index contributed by atoms with van der Waals surface area (Å²) >= 11 is 0. The van der Waals surface area contributed by atoms with Crippen molar-refractivity contribution in [2.24, 2.45) is 0 Å². The van der Waals surface area contributed by atoms with Crippen molar-refractivity contribution in [1.29, 1.82) is 0 Å². The van der Waals surface area contributed by atoms with E-state index >= 15 is 0 Å². The van der Waals surface area contributed by atoms with Crippen molar-refractivity contribution in [2.75, 3.05) is 6.61 Å². The molecule has 1 heterocycles. The standard InChI is InChI=1S/C7H10NO6P.Li/c1-2-14-15(12,13)7(11)8-5(9)3-4-6(8)10;/h2-4H2,1H3,(H,12,13);/q;+1/p-1. The molecule has 0 bridgehead atoms. The molecule has 9 heteroatoms. The van der Waals surface area contributed by atoms with Crippen molar-refractivity contribution < 1.29 is 47.2 Å². The number of nitrogens with zero attached hydrogens (tertiary/aromatic N) is 1. The number of carbonyl (C=O) groups is 3. The molecule has 0 aromatic carbocycles. The van der Waals surface area contributed by atoms with Gasteiger partial charge in [0.25, 0.3) is 0 Å². The van der Waals surface area contributed by atoms with Crippen LogP contribution >= 0.6 is 7.60 Å². The third-order valence-corrected chi connectivity index (χ3v) is 3.04. The molecule has 0 aromatic rings. The fraction of sp³-hybridized carbons (Fsp3) is 0.571. The van der Waals surface area contributed by atoms with Crippen molar-refractivity contribution in [3.8, 4) is 0 Å². The number of rotatable bonds is 3. The van der Waals surface area contributed by atoms with Crippen molar-refractivity contribution >= 4 is 25.1 Å². The Bertz CT molecular complexity index is 354. The SMILES string of the molecule is CCOP(=O)([O-])C(=O)N1C(=O)CCC1=O.[Li+]. The van der Waals surface area contributed by atoms with Crippen LogP contribution in [-0.4, -0.2) is 29.0 Å². The van der Waals surface area contributed by atoms with E-state index in [0.717, 1.165) is 0 Å². The van der Waals surface area contributed by atoms with Gasteiger partial charge in [0.1, 0.15) is 0 Å². The number of likely N-dealkylation sites (tertiary alicyclic amines) is 1. The van der Waals surface area contributed by atoms with Crippen molar-refractivity contribution in [2.45, 2.75) is 19.8 Å². The molecular formula is C7H9LiNO6P. The number of hydrogen-bond acceptors (Lipinski definition) is 6. The molecule has 3 amide bonds. The molecule has 0 N–H and O–H groups in total. The van der Waals surface area contributed by atoms with E-state index in [-0.39, 0.29) is 43.2 Å². The Kier molecular flexibility index (Phi) is 5.60. The van der Waals surface area contributed by atoms with Crippen LogP contribution < -0.4 is 23.8 Å². The molecule has 1 atom stereocenters. The van der Waals surface area contributed by atoms with Crippen LogP contribution in [0.2, 0.25) is 0 Å². The van der Waals surface area contributed by atoms with Gasteiger partial charge in [-0.15, -0.1) is 0 Å². The van der Waals surface area contributed by atoms with Crippen molar-refractivity contribution in [3.05, 3.63) is 0 Å². The Morgan fingerprint density at radius 2 is 1.88 bits per heavy atom. The van der Waals surface area contributed by atoms with Crippen LogP contribution in [0.3, 0.4) is 0 Å². The fourth-order valence-electron chi connectivity index (χ4n) is 1.14. The topological polar surface area (TPSA) is 104 Å². The van der Waals surface area contributed by atoms with Crippen LogP contribution in [-0.2, 0) is 18.7 Å². The number of hydrogen-bond donors (Lipinski definition) is 0. The summed E-state index contributed by atoms with van der Waals surface area (Å²) in [5, 5.41) is 0. The minimum atomic E-state index is -4.81. The van der Waals surface area contributed by atoms with E-state index in [1.807, 2.05) is 0 Å². The number of amides is 3. The third-order valence-electron chi connectivity index (χ3n) is 1.78. The van der Waals surface area contributed by atoms with E-state index in [1.165, 1.54) is 6.92 Å². The monoisotopic (exact) mass is 241 g/mol. The van der Waals surface area contributed by atoms with Gasteiger partial charge in [-0.3, -0.25) is 18.9 Å². The van der Waals surface area contributed by atoms with Gasteiger partial charge in [0.2, 0.25) is 19.4 Å². The molecule has 16 heavy (non-hydrogen) atoms. The van der Waals surface area contributed by atoms with Gasteiger partial charge in [0.05, 0.1) is 6.61 Å². The summed E-state index contributed by atoms with van der Waals surface area (Å²) in [6.07, 6.45) is -0.284. The average molecular weight is 241 g/mol. The molecule has 0 aromatic heterocycles. The van der Waals surface area contributed by atoms with E-state index in [9.17, 15) is 23.8 Å². The van der Waals surface area contributed by atoms with Gasteiger partial charge in [0, 0.05) is 12.8 Å². The summed E-state index contributed by atoms with van der Waals surface area (Å²) in [5.41, 5.74) is -1.57. The first-order valence-electron chi connectivity index (χ1n) is 4.26. The molecular weight excluding hydrogens is 232 g/mol. The van der Waals surface area contributed by atoms with E-state index in [4.69, 9.17) is 0 Å². The Morgan fingerprint density at radius 3 is 2.25 bits per heavy atom. The van der Waals surface area contributed by atoms with Gasteiger partial charge >= 0.3 is 24.5 Å². The van der Waals surface area contributed by atoms with Crippen molar-refractivity contribution in [1.82, 2.24) is 4.90 Å². The summed E-state index contributed by atoms with van der Waals surface area (Å²) < 4.78 is 15.3. The Labute approximate surface area is 104 Å². The second-order valence-corrected chi connectivity index (χ2v) is 4.46. The molecule has 1 saturated heterocycles. The van der Waals surface area contributed by atoms with Crippen LogP contribution in [0.5, 0.6) is 0 Å². The first-order valence-corrected chi connectivity index (χ1v) is 5.80. The molecule has 7 nitrogen and oxygen atoms in total. The quantitative estimate of drug-likeness (QED) is 0.293. The molecule has 1 fully saturated rings. The molecule has 0 aliphatic carbocycles. The molecule has 1 unspecified atom stereocenters. The maximum absolute atomic E-state index is 11.3. The summed E-state index contributed by atoms with van der Waals surface area (Å²) in [6, 6.07) is 0. The van der Waals surface area contributed by atoms with Crippen LogP contribution in [0, 0.1) is 0 Å². The second-order valence-electron chi connectivity index (χ2n) is 2.82. The Balaban J connectivity index is 0.00000225. The van der Waals surface area contributed by atoms with Gasteiger partial charge in [0.15, 0.2) is 0 Å². The van der Waals surface area contributed by atoms with Gasteiger partial charge in [-0.25, -0.2) is 4.90 Å². The van der Waals surface area contributed by atoms with E-state index in [0.29, 0.717) is 0 Å². The third kappa shape index (κ3) is 3.03. The van der Waals surface area contributed by atoms with Crippen LogP contribution in [0.4, 0.5) is 4.79 Å². The Hall–Kier alpha value is -0.443. The largest absolute Gasteiger partial charge is 1.00 e. The van der Waals surface area contributed by atoms with Crippen LogP contribution in [0.25, 0.3) is 0 Å². The first-order chi connectivity index (χ1) is 6.90. The zero-order valence-corrected chi connectivity index (χ0v) is 9.86. The zero-order chi connectivity index (χ0) is 11.6. The summed E-state index contributed by atoms with van der Waals surface area (Å²) in [7, 11) is -4.81. The minimum absolute atomic E-state index is 0. The van der Waals surface area contributed by atoms with Crippen LogP contribution in [0.15, 0.2) is 0 Å². The smallest absolute Gasteiger partial charge is 0.771 e. The minimum Gasteiger partial charge on any atom is -0.771 e. The maximum atomic E-state index is 11.3. The zero-order valence-electron chi connectivity index (χ0n) is 8.97. The Morgan fingerprint density at radius 1 is 1.44 bits per heavy atom. The first kappa shape index (κ1) is 15.6. The van der Waals surface area contributed by atoms with E-state index in [2.05, 4.69) is 4.52 Å².